The van der Waals surface area contributed by atoms with Gasteiger partial charge in [-0.05, 0) is 47.1 Å². The Morgan fingerprint density at radius 3 is 2.28 bits per heavy atom. The van der Waals surface area contributed by atoms with Gasteiger partial charge in [0.25, 0.3) is 0 Å². The highest BCUT2D eigenvalue weighted by atomic mass is 16.7. The number of hydrogen-bond acceptors (Lipinski definition) is 6. The van der Waals surface area contributed by atoms with Crippen molar-refractivity contribution in [1.82, 2.24) is 0 Å². The summed E-state index contributed by atoms with van der Waals surface area (Å²) in [6.45, 7) is 12.4. The smallest absolute Gasteiger partial charge is 0.486 e. The van der Waals surface area contributed by atoms with Gasteiger partial charge in [-0.1, -0.05) is 42.4 Å². The van der Waals surface area contributed by atoms with Gasteiger partial charge in [0.15, 0.2) is 0 Å². The Kier molecular flexibility index (Phi) is 7.03. The lowest BCUT2D eigenvalue weighted by Gasteiger charge is -2.32. The van der Waals surface area contributed by atoms with E-state index in [-0.39, 0.29) is 0 Å². The normalized spacial score (nSPS) is 18.8. The number of ether oxygens (including phenoxy) is 2. The van der Waals surface area contributed by atoms with Crippen molar-refractivity contribution in [2.75, 3.05) is 7.11 Å². The van der Waals surface area contributed by atoms with Gasteiger partial charge in [-0.15, -0.1) is 0 Å². The average molecular weight is 440 g/mol. The van der Waals surface area contributed by atoms with Crippen LogP contribution in [0.15, 0.2) is 63.7 Å². The van der Waals surface area contributed by atoms with Crippen molar-refractivity contribution >= 4 is 7.12 Å². The first kappa shape index (κ1) is 24.3. The van der Waals surface area contributed by atoms with E-state index in [4.69, 9.17) is 23.2 Å². The molecule has 6 nitrogen and oxygen atoms in total. The summed E-state index contributed by atoms with van der Waals surface area (Å²) in [6, 6.07) is 13.0. The van der Waals surface area contributed by atoms with Crippen molar-refractivity contribution in [1.29, 1.82) is 0 Å². The summed E-state index contributed by atoms with van der Waals surface area (Å²) in [6.07, 6.45) is 1.49. The molecule has 0 N–H and O–H groups in total. The van der Waals surface area contributed by atoms with E-state index in [1.54, 1.807) is 6.07 Å². The third-order valence-electron chi connectivity index (χ3n) is 6.31. The Balaban J connectivity index is 1.89. The van der Waals surface area contributed by atoms with Crippen LogP contribution in [0.25, 0.3) is 0 Å². The lowest BCUT2D eigenvalue weighted by molar-refractivity contribution is 0.00578. The highest BCUT2D eigenvalue weighted by Crippen LogP contribution is 2.37. The second kappa shape index (κ2) is 9.26. The monoisotopic (exact) mass is 440 g/mol. The molecule has 1 atom stereocenters. The molecular weight excluding hydrogens is 407 g/mol. The van der Waals surface area contributed by atoms with E-state index in [0.29, 0.717) is 18.1 Å². The predicted molar refractivity (Wildman–Crippen MR) is 125 cm³/mol. The maximum absolute atomic E-state index is 12.1. The topological polar surface area (TPSA) is 67.1 Å². The van der Waals surface area contributed by atoms with Crippen LogP contribution in [0, 0.1) is 0 Å². The molecule has 32 heavy (non-hydrogen) atoms. The summed E-state index contributed by atoms with van der Waals surface area (Å²) < 4.78 is 29.3. The Bertz CT molecular complexity index is 977. The van der Waals surface area contributed by atoms with Gasteiger partial charge in [0.2, 0.25) is 0 Å². The van der Waals surface area contributed by atoms with Gasteiger partial charge >= 0.3 is 12.7 Å². The molecule has 1 aromatic carbocycles. The van der Waals surface area contributed by atoms with Gasteiger partial charge < -0.3 is 23.2 Å². The highest BCUT2D eigenvalue weighted by Gasteiger charge is 2.50. The summed E-state index contributed by atoms with van der Waals surface area (Å²) >= 11 is 0. The molecule has 0 radical (unpaired) electrons. The first-order chi connectivity index (χ1) is 14.9. The van der Waals surface area contributed by atoms with Crippen LogP contribution in [0.2, 0.25) is 0 Å². The molecule has 1 saturated heterocycles. The maximum Gasteiger partial charge on any atom is 0.486 e. The Labute approximate surface area is 190 Å². The Morgan fingerprint density at radius 1 is 1.06 bits per heavy atom. The van der Waals surface area contributed by atoms with E-state index in [1.807, 2.05) is 83.9 Å². The molecule has 3 rings (SSSR count). The lowest BCUT2D eigenvalue weighted by atomic mass is 9.80. The minimum atomic E-state index is -0.678. The van der Waals surface area contributed by atoms with Gasteiger partial charge in [-0.3, -0.25) is 0 Å². The Morgan fingerprint density at radius 2 is 1.69 bits per heavy atom. The molecule has 7 heteroatoms. The Hall–Kier alpha value is -2.35. The second-order valence-electron chi connectivity index (χ2n) is 9.63. The first-order valence-electron chi connectivity index (χ1n) is 10.8. The van der Waals surface area contributed by atoms with Gasteiger partial charge in [-0.2, -0.15) is 0 Å². The fourth-order valence-corrected chi connectivity index (χ4v) is 3.45. The highest BCUT2D eigenvalue weighted by molar-refractivity contribution is 6.51. The third kappa shape index (κ3) is 5.34. The summed E-state index contributed by atoms with van der Waals surface area (Å²) in [4.78, 5) is 12.1. The molecular formula is C25H33BO6. The van der Waals surface area contributed by atoms with Crippen LogP contribution in [-0.4, -0.2) is 31.5 Å². The van der Waals surface area contributed by atoms with E-state index >= 15 is 0 Å². The van der Waals surface area contributed by atoms with E-state index in [2.05, 4.69) is 0 Å². The molecule has 0 bridgehead atoms. The number of benzene rings is 1. The molecule has 1 aliphatic rings. The summed E-state index contributed by atoms with van der Waals surface area (Å²) in [5.41, 5.74) is -0.967. The van der Waals surface area contributed by atoms with E-state index in [0.717, 1.165) is 5.56 Å². The summed E-state index contributed by atoms with van der Waals surface area (Å²) in [5, 5.41) is 0. The van der Waals surface area contributed by atoms with Crippen molar-refractivity contribution < 1.29 is 23.2 Å². The molecule has 172 valence electrons. The zero-order valence-corrected chi connectivity index (χ0v) is 20.0. The number of methoxy groups -OCH3 is 1. The summed E-state index contributed by atoms with van der Waals surface area (Å²) in [7, 11) is 1.02. The molecule has 0 aliphatic carbocycles. The first-order valence-corrected chi connectivity index (χ1v) is 10.8. The zero-order valence-electron chi connectivity index (χ0n) is 20.0. The molecule has 0 amide bonds. The molecule has 0 saturated carbocycles. The van der Waals surface area contributed by atoms with Crippen molar-refractivity contribution in [3.63, 3.8) is 0 Å². The largest absolute Gasteiger partial charge is 0.496 e. The van der Waals surface area contributed by atoms with Gasteiger partial charge in [-0.25, -0.2) is 4.79 Å². The van der Waals surface area contributed by atoms with Crippen LogP contribution in [0.3, 0.4) is 0 Å². The predicted octanol–water partition coefficient (Wildman–Crippen LogP) is 4.70. The standard InChI is InChI=1S/C25H33BO6/c1-23(2,21-15-19(28-7)16-22(27)30-21)20(29-17-18-11-9-8-10-12-18)13-14-26-31-24(3,4)25(5,6)32-26/h8-16,20H,17H2,1-7H3/b14-13+/t20-/m0/s1. The summed E-state index contributed by atoms with van der Waals surface area (Å²) in [5.74, 6) is 2.78. The van der Waals surface area contributed by atoms with Crippen molar-refractivity contribution in [3.8, 4) is 5.75 Å². The number of rotatable bonds is 8. The number of hydrogen-bond donors (Lipinski definition) is 0. The quantitative estimate of drug-likeness (QED) is 0.555. The van der Waals surface area contributed by atoms with Crippen molar-refractivity contribution in [2.24, 2.45) is 0 Å². The maximum atomic E-state index is 12.1. The molecule has 1 aromatic heterocycles. The van der Waals surface area contributed by atoms with Crippen molar-refractivity contribution in [2.45, 2.75) is 70.9 Å². The van der Waals surface area contributed by atoms with Crippen LogP contribution in [0.5, 0.6) is 5.75 Å². The SMILES string of the molecule is COc1cc(C(C)(C)[C@H](/C=C/B2OC(C)(C)C(C)(C)O2)OCc2ccccc2)oc(=O)c1. The van der Waals surface area contributed by atoms with Crippen LogP contribution in [0.1, 0.15) is 52.9 Å². The van der Waals surface area contributed by atoms with E-state index < -0.39 is 35.5 Å². The van der Waals surface area contributed by atoms with Gasteiger partial charge in [0.1, 0.15) is 11.5 Å². The van der Waals surface area contributed by atoms with Crippen LogP contribution in [0.4, 0.5) is 0 Å². The van der Waals surface area contributed by atoms with Crippen LogP contribution < -0.4 is 10.4 Å². The lowest BCUT2D eigenvalue weighted by Crippen LogP contribution is -2.41. The fraction of sp³-hybridized carbons (Fsp3) is 0.480. The van der Waals surface area contributed by atoms with Crippen LogP contribution >= 0.6 is 0 Å². The zero-order chi connectivity index (χ0) is 23.6. The van der Waals surface area contributed by atoms with Crippen LogP contribution in [-0.2, 0) is 26.1 Å². The van der Waals surface area contributed by atoms with Gasteiger partial charge in [0, 0.05) is 6.07 Å². The average Bonchev–Trinajstić information content (AvgIpc) is 2.94. The molecule has 0 unspecified atom stereocenters. The van der Waals surface area contributed by atoms with Gasteiger partial charge in [0.05, 0.1) is 42.5 Å². The molecule has 2 heterocycles. The van der Waals surface area contributed by atoms with E-state index in [1.165, 1.54) is 13.2 Å². The third-order valence-corrected chi connectivity index (χ3v) is 6.31. The fourth-order valence-electron chi connectivity index (χ4n) is 3.45. The second-order valence-corrected chi connectivity index (χ2v) is 9.63. The minimum absolute atomic E-state index is 0.400. The van der Waals surface area contributed by atoms with Crippen molar-refractivity contribution in [3.05, 3.63) is 76.3 Å². The molecule has 1 fully saturated rings. The minimum Gasteiger partial charge on any atom is -0.496 e. The van der Waals surface area contributed by atoms with E-state index in [9.17, 15) is 4.79 Å². The molecule has 2 aromatic rings. The molecule has 1 aliphatic heterocycles. The molecule has 0 spiro atoms.